The Bertz CT molecular complexity index is 458. The van der Waals surface area contributed by atoms with Crippen LogP contribution in [0.25, 0.3) is 0 Å². The number of ether oxygens (including phenoxy) is 3. The number of alkyl halides is 1. The van der Waals surface area contributed by atoms with Gasteiger partial charge < -0.3 is 14.2 Å². The SMILES string of the molecule is COc1ccc(CC(=O)OC(=O)[CH]CBr)cc1OC. The van der Waals surface area contributed by atoms with Crippen LogP contribution in [-0.2, 0) is 20.7 Å². The largest absolute Gasteiger partial charge is 0.493 e. The van der Waals surface area contributed by atoms with E-state index in [2.05, 4.69) is 20.7 Å². The standard InChI is InChI=1S/C13H14BrO5/c1-17-10-4-3-9(7-11(10)18-2)8-13(16)19-12(15)5-6-14/h3-5,7H,6,8H2,1-2H3. The van der Waals surface area contributed by atoms with Gasteiger partial charge in [0.2, 0.25) is 0 Å². The second-order valence-corrected chi connectivity index (χ2v) is 4.17. The van der Waals surface area contributed by atoms with Crippen LogP contribution < -0.4 is 9.47 Å². The van der Waals surface area contributed by atoms with E-state index in [9.17, 15) is 9.59 Å². The van der Waals surface area contributed by atoms with Gasteiger partial charge in [0.1, 0.15) is 0 Å². The minimum atomic E-state index is -0.664. The third kappa shape index (κ3) is 4.90. The van der Waals surface area contributed by atoms with Crippen LogP contribution in [0.3, 0.4) is 0 Å². The molecule has 0 saturated carbocycles. The topological polar surface area (TPSA) is 61.8 Å². The summed E-state index contributed by atoms with van der Waals surface area (Å²) in [5.41, 5.74) is 0.675. The molecule has 0 N–H and O–H groups in total. The van der Waals surface area contributed by atoms with Gasteiger partial charge >= 0.3 is 11.9 Å². The molecule has 5 nitrogen and oxygen atoms in total. The number of hydrogen-bond donors (Lipinski definition) is 0. The molecule has 0 aromatic heterocycles. The average molecular weight is 330 g/mol. The second-order valence-electron chi connectivity index (χ2n) is 3.52. The first kappa shape index (κ1) is 15.5. The van der Waals surface area contributed by atoms with E-state index in [-0.39, 0.29) is 6.42 Å². The Morgan fingerprint density at radius 2 is 1.89 bits per heavy atom. The van der Waals surface area contributed by atoms with Gasteiger partial charge in [0.15, 0.2) is 11.5 Å². The average Bonchev–Trinajstić information content (AvgIpc) is 2.38. The molecule has 0 unspecified atom stereocenters. The van der Waals surface area contributed by atoms with Crippen LogP contribution in [0.2, 0.25) is 0 Å². The number of rotatable bonds is 6. The molecular weight excluding hydrogens is 316 g/mol. The Balaban J connectivity index is 2.66. The van der Waals surface area contributed by atoms with Crippen molar-refractivity contribution in [1.29, 1.82) is 0 Å². The Hall–Kier alpha value is -1.56. The Kier molecular flexibility index (Phi) is 6.35. The molecular formula is C13H14BrO5. The molecule has 0 saturated heterocycles. The molecule has 0 fully saturated rings. The lowest BCUT2D eigenvalue weighted by Gasteiger charge is -2.09. The molecule has 0 aliphatic rings. The number of esters is 2. The summed E-state index contributed by atoms with van der Waals surface area (Å²) in [5.74, 6) is -0.189. The highest BCUT2D eigenvalue weighted by atomic mass is 79.9. The van der Waals surface area contributed by atoms with Gasteiger partial charge in [-0.2, -0.15) is 0 Å². The van der Waals surface area contributed by atoms with Crippen molar-refractivity contribution in [3.8, 4) is 11.5 Å². The molecule has 19 heavy (non-hydrogen) atoms. The number of carbonyl (C=O) groups is 2. The first-order chi connectivity index (χ1) is 9.10. The van der Waals surface area contributed by atoms with Crippen molar-refractivity contribution >= 4 is 27.9 Å². The van der Waals surface area contributed by atoms with Crippen LogP contribution in [0.5, 0.6) is 11.5 Å². The smallest absolute Gasteiger partial charge is 0.318 e. The maximum Gasteiger partial charge on any atom is 0.318 e. The third-order valence-electron chi connectivity index (χ3n) is 2.25. The summed E-state index contributed by atoms with van der Waals surface area (Å²) in [6.07, 6.45) is 1.22. The van der Waals surface area contributed by atoms with E-state index in [0.29, 0.717) is 22.4 Å². The van der Waals surface area contributed by atoms with E-state index in [1.807, 2.05) is 0 Å². The van der Waals surface area contributed by atoms with E-state index in [1.165, 1.54) is 20.6 Å². The first-order valence-electron chi connectivity index (χ1n) is 5.45. The summed E-state index contributed by atoms with van der Waals surface area (Å²) in [5, 5.41) is 0.343. The monoisotopic (exact) mass is 329 g/mol. The van der Waals surface area contributed by atoms with E-state index in [0.717, 1.165) is 0 Å². The number of carbonyl (C=O) groups excluding carboxylic acids is 2. The van der Waals surface area contributed by atoms with Crippen LogP contribution in [-0.4, -0.2) is 31.5 Å². The van der Waals surface area contributed by atoms with Gasteiger partial charge in [-0.3, -0.25) is 9.59 Å². The fraction of sp³-hybridized carbons (Fsp3) is 0.308. The molecule has 1 aromatic carbocycles. The molecule has 1 radical (unpaired) electrons. The molecule has 0 heterocycles. The zero-order chi connectivity index (χ0) is 14.3. The van der Waals surface area contributed by atoms with Crippen molar-refractivity contribution in [1.82, 2.24) is 0 Å². The van der Waals surface area contributed by atoms with Crippen LogP contribution in [0.1, 0.15) is 5.56 Å². The molecule has 103 valence electrons. The lowest BCUT2D eigenvalue weighted by molar-refractivity contribution is -0.156. The van der Waals surface area contributed by atoms with Crippen molar-refractivity contribution < 1.29 is 23.8 Å². The lowest BCUT2D eigenvalue weighted by Crippen LogP contribution is -2.15. The molecule has 0 aliphatic heterocycles. The molecule has 0 aliphatic carbocycles. The minimum Gasteiger partial charge on any atom is -0.493 e. The van der Waals surface area contributed by atoms with Crippen molar-refractivity contribution in [2.75, 3.05) is 19.5 Å². The Labute approximate surface area is 120 Å². The van der Waals surface area contributed by atoms with Gasteiger partial charge in [0.05, 0.1) is 27.1 Å². The van der Waals surface area contributed by atoms with Gasteiger partial charge in [-0.25, -0.2) is 0 Å². The van der Waals surface area contributed by atoms with Crippen LogP contribution in [0, 0.1) is 6.42 Å². The number of hydrogen-bond acceptors (Lipinski definition) is 5. The third-order valence-corrected chi connectivity index (χ3v) is 2.58. The van der Waals surface area contributed by atoms with E-state index in [1.54, 1.807) is 18.2 Å². The fourth-order valence-electron chi connectivity index (χ4n) is 1.41. The second kappa shape index (κ2) is 7.78. The van der Waals surface area contributed by atoms with Crippen LogP contribution in [0.15, 0.2) is 18.2 Å². The number of benzene rings is 1. The predicted octanol–water partition coefficient (Wildman–Crippen LogP) is 1.92. The Morgan fingerprint density at radius 3 is 2.47 bits per heavy atom. The highest BCUT2D eigenvalue weighted by Gasteiger charge is 2.12. The normalized spacial score (nSPS) is 9.84. The quantitative estimate of drug-likeness (QED) is 0.453. The minimum absolute atomic E-state index is 0.0117. The summed E-state index contributed by atoms with van der Waals surface area (Å²) in [4.78, 5) is 22.6. The van der Waals surface area contributed by atoms with Crippen molar-refractivity contribution in [2.45, 2.75) is 6.42 Å². The molecule has 0 atom stereocenters. The van der Waals surface area contributed by atoms with Gasteiger partial charge in [0, 0.05) is 5.33 Å². The highest BCUT2D eigenvalue weighted by Crippen LogP contribution is 2.27. The van der Waals surface area contributed by atoms with Crippen molar-refractivity contribution in [3.63, 3.8) is 0 Å². The Morgan fingerprint density at radius 1 is 1.21 bits per heavy atom. The van der Waals surface area contributed by atoms with Gasteiger partial charge in [-0.05, 0) is 17.7 Å². The van der Waals surface area contributed by atoms with E-state index >= 15 is 0 Å². The maximum atomic E-state index is 11.5. The maximum absolute atomic E-state index is 11.5. The van der Waals surface area contributed by atoms with E-state index in [4.69, 9.17) is 9.47 Å². The molecule has 6 heteroatoms. The van der Waals surface area contributed by atoms with Crippen LogP contribution >= 0.6 is 15.9 Å². The van der Waals surface area contributed by atoms with E-state index < -0.39 is 11.9 Å². The van der Waals surface area contributed by atoms with Crippen molar-refractivity contribution in [3.05, 3.63) is 30.2 Å². The predicted molar refractivity (Wildman–Crippen MR) is 72.4 cm³/mol. The summed E-state index contributed by atoms with van der Waals surface area (Å²) in [7, 11) is 3.04. The molecule has 0 bridgehead atoms. The van der Waals surface area contributed by atoms with Crippen LogP contribution in [0.4, 0.5) is 0 Å². The summed E-state index contributed by atoms with van der Waals surface area (Å²) >= 11 is 3.04. The number of methoxy groups -OCH3 is 2. The van der Waals surface area contributed by atoms with Gasteiger partial charge in [-0.1, -0.05) is 22.0 Å². The summed E-state index contributed by atoms with van der Waals surface area (Å²) < 4.78 is 14.8. The van der Waals surface area contributed by atoms with Crippen molar-refractivity contribution in [2.24, 2.45) is 0 Å². The summed E-state index contributed by atoms with van der Waals surface area (Å²) in [6, 6.07) is 5.06. The fourth-order valence-corrected chi connectivity index (χ4v) is 1.67. The molecule has 1 aromatic rings. The zero-order valence-electron chi connectivity index (χ0n) is 10.6. The summed E-state index contributed by atoms with van der Waals surface area (Å²) in [6.45, 7) is 0. The molecule has 0 spiro atoms. The van der Waals surface area contributed by atoms with Gasteiger partial charge in [0.25, 0.3) is 0 Å². The number of halogens is 1. The zero-order valence-corrected chi connectivity index (χ0v) is 12.2. The van der Waals surface area contributed by atoms with Gasteiger partial charge in [-0.15, -0.1) is 0 Å². The molecule has 0 amide bonds. The highest BCUT2D eigenvalue weighted by molar-refractivity contribution is 9.09. The molecule has 1 rings (SSSR count). The lowest BCUT2D eigenvalue weighted by atomic mass is 10.1. The first-order valence-corrected chi connectivity index (χ1v) is 6.57.